The summed E-state index contributed by atoms with van der Waals surface area (Å²) < 4.78 is 10.5. The van der Waals surface area contributed by atoms with E-state index >= 15 is 0 Å². The van der Waals surface area contributed by atoms with Crippen molar-refractivity contribution in [2.45, 2.75) is 338 Å². The number of nitrogens with zero attached hydrogens (tertiary/aromatic N) is 8. The summed E-state index contributed by atoms with van der Waals surface area (Å²) in [6.07, 6.45) is 48.6. The monoisotopic (exact) mass is 1720 g/mol. The highest BCUT2D eigenvalue weighted by Gasteiger charge is 2.38. The van der Waals surface area contributed by atoms with Crippen LogP contribution in [0.2, 0.25) is 0 Å². The van der Waals surface area contributed by atoms with E-state index in [1.165, 1.54) is 169 Å². The lowest BCUT2D eigenvalue weighted by atomic mass is 9.80. The number of hydrogen-bond donors (Lipinski definition) is 0. The summed E-state index contributed by atoms with van der Waals surface area (Å²) in [6.45, 7) is 47.4. The van der Waals surface area contributed by atoms with Crippen molar-refractivity contribution >= 4 is 67.9 Å². The third kappa shape index (κ3) is 28.1. The first-order valence-corrected chi connectivity index (χ1v) is 50.6. The van der Waals surface area contributed by atoms with E-state index in [4.69, 9.17) is 4.74 Å². The number of amides is 1. The van der Waals surface area contributed by atoms with E-state index in [2.05, 4.69) is 354 Å². The van der Waals surface area contributed by atoms with Crippen LogP contribution in [0.15, 0.2) is 247 Å². The summed E-state index contributed by atoms with van der Waals surface area (Å²) in [7, 11) is 0. The van der Waals surface area contributed by atoms with Gasteiger partial charge < -0.3 is 33.5 Å². The number of benzene rings is 7. The van der Waals surface area contributed by atoms with Crippen molar-refractivity contribution in [3.63, 3.8) is 0 Å². The number of anilines is 5. The zero-order valence-electron chi connectivity index (χ0n) is 81.7. The van der Waals surface area contributed by atoms with Crippen LogP contribution < -0.4 is 19.4 Å². The molecule has 14 atom stereocenters. The summed E-state index contributed by atoms with van der Waals surface area (Å²) in [5.41, 5.74) is 12.1. The molecule has 2 bridgehead atoms. The molecule has 7 aromatic carbocycles. The standard InChI is InChI=1S/C16H17NO.C16H17NS.C16H17N.C12H17N.C11H18.C10H20.C10H18.C9H13N.C8H15NO.C7H12N2/c2*1-3-12(2)17-13-8-4-6-10-15(13)18-16-11-7-5-9-14(16)17;1-3-12(2)17-15-10-6-4-8-13(15)14-9-5-7-11-16(14)17;1-3-10(2)13-9-8-11-6-4-5-7-12(11)13;1-3-8(2)11-7-9-4-5-10(11)6-9;2*1-3-9(2)10-7-5-4-6-8-10;1-3-8(2)9-4-6-10-7-5-9;1-3-7(2)9-6-4-5-8(9)10;1-3-7(2)9-5-4-8-6-9/h2*4-12H,3H2,1-2H3;4-12H,3H2,1-2H3;4-7,10H,3,8-9H2,1-2H3;4-5,8-11H,3,6-7H2,1-2H3;9-10H,3-8H2,1-2H3;4-5,9-10H,3,6-8H2,1-2H3;4-8H,3H2,1-2H3;7H,3-6H2,1-2H3;4-7H,3H2,1-2H3. The summed E-state index contributed by atoms with van der Waals surface area (Å²) in [5, 5.41) is 2.73. The number of aromatic nitrogens is 4. The lowest BCUT2D eigenvalue weighted by molar-refractivity contribution is -0.129. The van der Waals surface area contributed by atoms with Gasteiger partial charge in [0.25, 0.3) is 0 Å². The van der Waals surface area contributed by atoms with E-state index in [0.29, 0.717) is 48.1 Å². The molecule has 0 spiro atoms. The van der Waals surface area contributed by atoms with Gasteiger partial charge in [-0.2, -0.15) is 0 Å². The highest BCUT2D eigenvalue weighted by molar-refractivity contribution is 7.99. The third-order valence-electron chi connectivity index (χ3n) is 29.0. The first-order chi connectivity index (χ1) is 61.2. The first kappa shape index (κ1) is 101. The lowest BCUT2D eigenvalue weighted by Gasteiger charge is -2.36. The second-order valence-corrected chi connectivity index (χ2v) is 38.3. The number of carbonyl (C=O) groups is 1. The smallest absolute Gasteiger partial charge is 0.222 e. The van der Waals surface area contributed by atoms with Crippen molar-refractivity contribution in [1.29, 1.82) is 0 Å². The topological polar surface area (TPSA) is 74.9 Å². The molecule has 18 rings (SSSR count). The number of pyridine rings is 1. The number of likely N-dealkylation sites (tertiary alicyclic amines) is 1. The van der Waals surface area contributed by atoms with Crippen LogP contribution >= 0.6 is 11.8 Å². The maximum atomic E-state index is 11.1. The van der Waals surface area contributed by atoms with Crippen molar-refractivity contribution in [1.82, 2.24) is 24.0 Å². The van der Waals surface area contributed by atoms with Gasteiger partial charge in [-0.05, 0) is 275 Å². The van der Waals surface area contributed by atoms with E-state index < -0.39 is 0 Å². The minimum absolute atomic E-state index is 0.342. The fourth-order valence-corrected chi connectivity index (χ4v) is 20.0. The van der Waals surface area contributed by atoms with Gasteiger partial charge in [0.05, 0.1) is 29.1 Å². The molecule has 2 saturated carbocycles. The van der Waals surface area contributed by atoms with Crippen molar-refractivity contribution in [2.24, 2.45) is 47.3 Å². The number of allylic oxidation sites excluding steroid dienone is 4. The fraction of sp³-hybridized carbons (Fsp3) is 0.522. The molecule has 682 valence electrons. The maximum Gasteiger partial charge on any atom is 0.222 e. The highest BCUT2D eigenvalue weighted by atomic mass is 32.2. The van der Waals surface area contributed by atoms with Crippen LogP contribution in [0.25, 0.3) is 21.8 Å². The molecule has 3 aromatic heterocycles. The molecule has 11 heteroatoms. The average Bonchev–Trinajstić information content (AvgIpc) is 1.29. The van der Waals surface area contributed by atoms with Gasteiger partial charge in [0.2, 0.25) is 5.91 Å². The van der Waals surface area contributed by atoms with Crippen molar-refractivity contribution in [3.8, 4) is 11.5 Å². The first-order valence-electron chi connectivity index (χ1n) is 49.8. The Balaban J connectivity index is 0.000000160. The molecule has 7 heterocycles. The Hall–Kier alpha value is -8.80. The SMILES string of the molecule is CCC(C)C1CC2C=CC1C2.CCC(C)C1CC=CCC1.CCC(C)C1CCCCC1.CCC(C)N1CCCC1=O.CCC(C)N1CCc2ccccc21.CCC(C)N1c2ccccc2Oc2ccccc21.CCC(C)N1c2ccccc2Sc2ccccc21.CCC(C)c1ccncc1.CCC(C)n1c2ccccc2c2ccccc21.CCC(C)n1ccnc1. The Morgan fingerprint density at radius 3 is 1.40 bits per heavy atom. The molecular weight excluding hydrogens is 1560 g/mol. The Kier molecular flexibility index (Phi) is 42.7. The summed E-state index contributed by atoms with van der Waals surface area (Å²) in [6, 6.07) is 67.4. The van der Waals surface area contributed by atoms with Gasteiger partial charge in [-0.15, -0.1) is 0 Å². The van der Waals surface area contributed by atoms with E-state index in [0.717, 1.165) is 122 Å². The van der Waals surface area contributed by atoms with Crippen LogP contribution in [-0.2, 0) is 11.2 Å². The van der Waals surface area contributed by atoms with E-state index in [1.807, 2.05) is 72.0 Å². The molecule has 8 aliphatic rings. The van der Waals surface area contributed by atoms with Gasteiger partial charge >= 0.3 is 0 Å². The minimum Gasteiger partial charge on any atom is -0.453 e. The van der Waals surface area contributed by atoms with Gasteiger partial charge in [-0.3, -0.25) is 9.78 Å². The van der Waals surface area contributed by atoms with Crippen molar-refractivity contribution in [2.75, 3.05) is 27.8 Å². The molecule has 0 radical (unpaired) electrons. The molecule has 4 aliphatic carbocycles. The molecule has 10 aromatic rings. The second kappa shape index (κ2) is 53.2. The molecule has 1 saturated heterocycles. The number of carbonyl (C=O) groups excluding carboxylic acids is 1. The molecule has 4 aliphatic heterocycles. The number of ether oxygens (including phenoxy) is 1. The molecule has 0 N–H and O–H groups in total. The zero-order chi connectivity index (χ0) is 90.4. The minimum atomic E-state index is 0.342. The van der Waals surface area contributed by atoms with Crippen molar-refractivity contribution < 1.29 is 9.53 Å². The molecule has 3 fully saturated rings. The Labute approximate surface area is 769 Å². The predicted molar refractivity (Wildman–Crippen MR) is 547 cm³/mol. The number of para-hydroxylation sites is 9. The van der Waals surface area contributed by atoms with Crippen LogP contribution in [0, 0.1) is 47.3 Å². The molecule has 14 unspecified atom stereocenters. The quantitative estimate of drug-likeness (QED) is 0.0699. The van der Waals surface area contributed by atoms with Gasteiger partial charge in [0.1, 0.15) is 0 Å². The molecule has 126 heavy (non-hydrogen) atoms. The lowest BCUT2D eigenvalue weighted by Crippen LogP contribution is -2.33. The van der Waals surface area contributed by atoms with Gasteiger partial charge in [-0.25, -0.2) is 4.98 Å². The third-order valence-corrected chi connectivity index (χ3v) is 30.1. The maximum absolute atomic E-state index is 11.1. The van der Waals surface area contributed by atoms with Gasteiger partial charge in [-0.1, -0.05) is 287 Å². The van der Waals surface area contributed by atoms with Crippen LogP contribution in [0.1, 0.15) is 309 Å². The number of rotatable bonds is 20. The van der Waals surface area contributed by atoms with E-state index in [9.17, 15) is 4.79 Å². The molecule has 10 nitrogen and oxygen atoms in total. The summed E-state index contributed by atoms with van der Waals surface area (Å²) >= 11 is 1.87. The van der Waals surface area contributed by atoms with Crippen LogP contribution in [0.4, 0.5) is 28.4 Å². The average molecular weight is 1720 g/mol. The molecule has 1 amide bonds. The van der Waals surface area contributed by atoms with Crippen LogP contribution in [0.5, 0.6) is 11.5 Å². The molecular formula is C115H164N8O2S. The van der Waals surface area contributed by atoms with Gasteiger partial charge in [0.15, 0.2) is 11.5 Å². The summed E-state index contributed by atoms with van der Waals surface area (Å²) in [4.78, 5) is 31.1. The van der Waals surface area contributed by atoms with E-state index in [1.54, 1.807) is 0 Å². The fourth-order valence-electron chi connectivity index (χ4n) is 18.9. The number of hydrogen-bond acceptors (Lipinski definition) is 8. The Bertz CT molecular complexity index is 4540. The van der Waals surface area contributed by atoms with Crippen LogP contribution in [-0.4, -0.2) is 67.2 Å². The number of imidazole rings is 1. The van der Waals surface area contributed by atoms with Crippen LogP contribution in [0.3, 0.4) is 0 Å². The second-order valence-electron chi connectivity index (χ2n) is 37.2. The van der Waals surface area contributed by atoms with Crippen molar-refractivity contribution in [3.05, 3.63) is 249 Å². The predicted octanol–water partition coefficient (Wildman–Crippen LogP) is 33.5. The Morgan fingerprint density at radius 1 is 0.413 bits per heavy atom. The van der Waals surface area contributed by atoms with E-state index in [-0.39, 0.29) is 0 Å². The Morgan fingerprint density at radius 2 is 0.913 bits per heavy atom. The highest BCUT2D eigenvalue weighted by Crippen LogP contribution is 2.51. The number of fused-ring (bicyclic) bond motifs is 10. The zero-order valence-corrected chi connectivity index (χ0v) is 82.5. The summed E-state index contributed by atoms with van der Waals surface area (Å²) in [5.74, 6) is 10.8. The normalized spacial score (nSPS) is 19.5. The largest absolute Gasteiger partial charge is 0.453 e. The van der Waals surface area contributed by atoms with Gasteiger partial charge in [0, 0.05) is 118 Å².